The van der Waals surface area contributed by atoms with E-state index in [1.165, 1.54) is 0 Å². The Morgan fingerprint density at radius 1 is 1.62 bits per heavy atom. The molecule has 5 heteroatoms. The standard InChI is InChI=1S/C11H20N4O/c1-8(12)4-3-5-10(16)15-9(2)11-13-6-7-14-11/h6-9H,3-5,12H2,1-2H3,(H,13,14)(H,15,16). The molecule has 1 amide bonds. The highest BCUT2D eigenvalue weighted by Gasteiger charge is 2.10. The molecule has 16 heavy (non-hydrogen) atoms. The van der Waals surface area contributed by atoms with Crippen molar-refractivity contribution in [1.82, 2.24) is 15.3 Å². The number of amides is 1. The highest BCUT2D eigenvalue weighted by atomic mass is 16.1. The maximum absolute atomic E-state index is 11.5. The predicted molar refractivity (Wildman–Crippen MR) is 62.6 cm³/mol. The van der Waals surface area contributed by atoms with E-state index in [1.807, 2.05) is 13.8 Å². The van der Waals surface area contributed by atoms with Crippen LogP contribution in [0, 0.1) is 0 Å². The van der Waals surface area contributed by atoms with Crippen molar-refractivity contribution in [2.75, 3.05) is 0 Å². The molecule has 0 spiro atoms. The summed E-state index contributed by atoms with van der Waals surface area (Å²) in [6.07, 6.45) is 5.64. The van der Waals surface area contributed by atoms with Gasteiger partial charge in [0.25, 0.3) is 0 Å². The summed E-state index contributed by atoms with van der Waals surface area (Å²) in [7, 11) is 0. The van der Waals surface area contributed by atoms with Crippen LogP contribution in [0.5, 0.6) is 0 Å². The number of carbonyl (C=O) groups is 1. The number of imidazole rings is 1. The van der Waals surface area contributed by atoms with Gasteiger partial charge in [-0.25, -0.2) is 4.98 Å². The molecule has 0 radical (unpaired) electrons. The maximum Gasteiger partial charge on any atom is 0.220 e. The summed E-state index contributed by atoms with van der Waals surface area (Å²) in [6.45, 7) is 3.85. The topological polar surface area (TPSA) is 83.8 Å². The van der Waals surface area contributed by atoms with Crippen LogP contribution in [0.2, 0.25) is 0 Å². The summed E-state index contributed by atoms with van der Waals surface area (Å²) < 4.78 is 0. The fraction of sp³-hybridized carbons (Fsp3) is 0.636. The third-order valence-corrected chi connectivity index (χ3v) is 2.37. The Hall–Kier alpha value is -1.36. The van der Waals surface area contributed by atoms with E-state index in [0.717, 1.165) is 18.7 Å². The summed E-state index contributed by atoms with van der Waals surface area (Å²) in [5, 5.41) is 2.88. The molecular weight excluding hydrogens is 204 g/mol. The molecule has 90 valence electrons. The number of hydrogen-bond donors (Lipinski definition) is 3. The van der Waals surface area contributed by atoms with Gasteiger partial charge < -0.3 is 16.0 Å². The highest BCUT2D eigenvalue weighted by molar-refractivity contribution is 5.76. The minimum absolute atomic E-state index is 0.0459. The summed E-state index contributed by atoms with van der Waals surface area (Å²) in [5.74, 6) is 0.824. The number of nitrogens with zero attached hydrogens (tertiary/aromatic N) is 1. The zero-order valence-electron chi connectivity index (χ0n) is 9.86. The van der Waals surface area contributed by atoms with Crippen LogP contribution in [-0.4, -0.2) is 21.9 Å². The van der Waals surface area contributed by atoms with E-state index in [2.05, 4.69) is 15.3 Å². The van der Waals surface area contributed by atoms with Gasteiger partial charge in [0.15, 0.2) is 0 Å². The second kappa shape index (κ2) is 6.27. The zero-order valence-corrected chi connectivity index (χ0v) is 9.86. The lowest BCUT2D eigenvalue weighted by molar-refractivity contribution is -0.121. The smallest absolute Gasteiger partial charge is 0.220 e. The zero-order chi connectivity index (χ0) is 12.0. The van der Waals surface area contributed by atoms with E-state index >= 15 is 0 Å². The Balaban J connectivity index is 2.24. The Kier molecular flexibility index (Phi) is 4.98. The molecule has 0 bridgehead atoms. The van der Waals surface area contributed by atoms with Crippen molar-refractivity contribution in [2.45, 2.75) is 45.2 Å². The Bertz CT molecular complexity index is 308. The average molecular weight is 224 g/mol. The number of nitrogens with two attached hydrogens (primary N) is 1. The van der Waals surface area contributed by atoms with Gasteiger partial charge in [0, 0.05) is 24.9 Å². The molecule has 0 fully saturated rings. The molecule has 1 aromatic rings. The first kappa shape index (κ1) is 12.7. The van der Waals surface area contributed by atoms with Gasteiger partial charge in [-0.1, -0.05) is 0 Å². The first-order valence-corrected chi connectivity index (χ1v) is 5.64. The van der Waals surface area contributed by atoms with Crippen LogP contribution in [-0.2, 0) is 4.79 Å². The molecule has 4 N–H and O–H groups in total. The molecule has 0 aliphatic heterocycles. The van der Waals surface area contributed by atoms with Crippen LogP contribution >= 0.6 is 0 Å². The minimum Gasteiger partial charge on any atom is -0.347 e. The van der Waals surface area contributed by atoms with Gasteiger partial charge in [0.05, 0.1) is 6.04 Å². The van der Waals surface area contributed by atoms with E-state index in [1.54, 1.807) is 12.4 Å². The first-order chi connectivity index (χ1) is 7.59. The van der Waals surface area contributed by atoms with Crippen molar-refractivity contribution in [3.05, 3.63) is 18.2 Å². The summed E-state index contributed by atoms with van der Waals surface area (Å²) >= 11 is 0. The van der Waals surface area contributed by atoms with Crippen molar-refractivity contribution in [3.8, 4) is 0 Å². The summed E-state index contributed by atoms with van der Waals surface area (Å²) in [6, 6.07) is 0.0908. The molecule has 1 heterocycles. The normalized spacial score (nSPS) is 14.4. The Morgan fingerprint density at radius 2 is 2.38 bits per heavy atom. The van der Waals surface area contributed by atoms with E-state index < -0.39 is 0 Å². The maximum atomic E-state index is 11.5. The molecule has 5 nitrogen and oxygen atoms in total. The fourth-order valence-electron chi connectivity index (χ4n) is 1.48. The summed E-state index contributed by atoms with van der Waals surface area (Å²) in [4.78, 5) is 18.6. The highest BCUT2D eigenvalue weighted by Crippen LogP contribution is 2.06. The lowest BCUT2D eigenvalue weighted by atomic mass is 10.1. The molecule has 0 saturated heterocycles. The Morgan fingerprint density at radius 3 is 2.94 bits per heavy atom. The van der Waals surface area contributed by atoms with Gasteiger partial charge in [0.2, 0.25) is 5.91 Å². The van der Waals surface area contributed by atoms with Crippen molar-refractivity contribution in [1.29, 1.82) is 0 Å². The third-order valence-electron chi connectivity index (χ3n) is 2.37. The average Bonchev–Trinajstić information content (AvgIpc) is 2.69. The molecule has 0 aliphatic rings. The second-order valence-electron chi connectivity index (χ2n) is 4.13. The summed E-state index contributed by atoms with van der Waals surface area (Å²) in [5.41, 5.74) is 5.61. The van der Waals surface area contributed by atoms with Crippen molar-refractivity contribution in [2.24, 2.45) is 5.73 Å². The van der Waals surface area contributed by atoms with E-state index in [9.17, 15) is 4.79 Å². The lowest BCUT2D eigenvalue weighted by Crippen LogP contribution is -2.27. The molecule has 2 unspecified atom stereocenters. The minimum atomic E-state index is -0.0715. The number of rotatable bonds is 6. The number of aromatic amines is 1. The van der Waals surface area contributed by atoms with E-state index in [-0.39, 0.29) is 18.0 Å². The van der Waals surface area contributed by atoms with Crippen LogP contribution < -0.4 is 11.1 Å². The van der Waals surface area contributed by atoms with E-state index in [4.69, 9.17) is 5.73 Å². The molecule has 0 aromatic carbocycles. The number of aromatic nitrogens is 2. The number of nitrogens with one attached hydrogen (secondary N) is 2. The quantitative estimate of drug-likeness (QED) is 0.676. The van der Waals surface area contributed by atoms with Crippen molar-refractivity contribution < 1.29 is 4.79 Å². The molecule has 1 rings (SSSR count). The third kappa shape index (κ3) is 4.44. The van der Waals surface area contributed by atoms with E-state index in [0.29, 0.717) is 6.42 Å². The van der Waals surface area contributed by atoms with Crippen molar-refractivity contribution in [3.63, 3.8) is 0 Å². The van der Waals surface area contributed by atoms with Gasteiger partial charge in [-0.2, -0.15) is 0 Å². The molecule has 0 aliphatic carbocycles. The predicted octanol–water partition coefficient (Wildman–Crippen LogP) is 1.10. The molecule has 0 saturated carbocycles. The number of H-pyrrole nitrogens is 1. The van der Waals surface area contributed by atoms with Crippen LogP contribution in [0.15, 0.2) is 12.4 Å². The molecular formula is C11H20N4O. The number of carbonyl (C=O) groups excluding carboxylic acids is 1. The Labute approximate surface area is 95.8 Å². The SMILES string of the molecule is CC(N)CCCC(=O)NC(C)c1ncc[nH]1. The monoisotopic (exact) mass is 224 g/mol. The van der Waals surface area contributed by atoms with Crippen LogP contribution in [0.4, 0.5) is 0 Å². The second-order valence-corrected chi connectivity index (χ2v) is 4.13. The van der Waals surface area contributed by atoms with Gasteiger partial charge in [-0.05, 0) is 26.7 Å². The van der Waals surface area contributed by atoms with Crippen LogP contribution in [0.25, 0.3) is 0 Å². The van der Waals surface area contributed by atoms with Gasteiger partial charge in [-0.15, -0.1) is 0 Å². The van der Waals surface area contributed by atoms with Gasteiger partial charge in [-0.3, -0.25) is 4.79 Å². The molecule has 2 atom stereocenters. The first-order valence-electron chi connectivity index (χ1n) is 5.64. The number of hydrogen-bond acceptors (Lipinski definition) is 3. The largest absolute Gasteiger partial charge is 0.347 e. The molecule has 1 aromatic heterocycles. The fourth-order valence-corrected chi connectivity index (χ4v) is 1.48. The van der Waals surface area contributed by atoms with Crippen molar-refractivity contribution >= 4 is 5.91 Å². The van der Waals surface area contributed by atoms with Gasteiger partial charge >= 0.3 is 0 Å². The van der Waals surface area contributed by atoms with Crippen LogP contribution in [0.1, 0.15) is 45.0 Å². The van der Waals surface area contributed by atoms with Crippen LogP contribution in [0.3, 0.4) is 0 Å². The lowest BCUT2D eigenvalue weighted by Gasteiger charge is -2.11. The van der Waals surface area contributed by atoms with Gasteiger partial charge in [0.1, 0.15) is 5.82 Å².